The molecule has 0 saturated carbocycles. The molecule has 0 aliphatic carbocycles. The van der Waals surface area contributed by atoms with Gasteiger partial charge in [0.15, 0.2) is 6.10 Å². The number of esters is 1. The zero-order valence-electron chi connectivity index (χ0n) is 14.0. The highest BCUT2D eigenvalue weighted by Crippen LogP contribution is 2.29. The molecule has 0 unspecified atom stereocenters. The van der Waals surface area contributed by atoms with Crippen molar-refractivity contribution in [2.45, 2.75) is 13.0 Å². The number of aromatic hydroxyl groups is 1. The van der Waals surface area contributed by atoms with Crippen LogP contribution in [0.4, 0.5) is 11.4 Å². The standard InChI is InChI=1S/C17H16N2O7/c1-10(26-17(22)11-4-3-5-13(20)8-11)16(21)18-14-7-6-12(19(23)24)9-15(14)25-2/h3-10,20H,1-2H3,(H,18,21)/t10-/m1/s1. The summed E-state index contributed by atoms with van der Waals surface area (Å²) in [5.74, 6) is -1.43. The molecule has 0 aromatic heterocycles. The molecule has 0 radical (unpaired) electrons. The summed E-state index contributed by atoms with van der Waals surface area (Å²) in [5.41, 5.74) is 0.101. The Hall–Kier alpha value is -3.62. The van der Waals surface area contributed by atoms with Gasteiger partial charge in [-0.3, -0.25) is 14.9 Å². The first kappa shape index (κ1) is 18.7. The maximum Gasteiger partial charge on any atom is 0.339 e. The highest BCUT2D eigenvalue weighted by molar-refractivity contribution is 5.98. The molecule has 0 saturated heterocycles. The third-order valence-corrected chi connectivity index (χ3v) is 3.39. The lowest BCUT2D eigenvalue weighted by Crippen LogP contribution is -2.30. The molecule has 136 valence electrons. The van der Waals surface area contributed by atoms with E-state index in [-0.39, 0.29) is 28.4 Å². The van der Waals surface area contributed by atoms with Crippen molar-refractivity contribution < 1.29 is 29.1 Å². The zero-order valence-corrected chi connectivity index (χ0v) is 14.0. The molecule has 0 aliphatic rings. The number of anilines is 1. The average Bonchev–Trinajstić information content (AvgIpc) is 2.61. The van der Waals surface area contributed by atoms with Gasteiger partial charge < -0.3 is 19.9 Å². The molecule has 26 heavy (non-hydrogen) atoms. The fraction of sp³-hybridized carbons (Fsp3) is 0.176. The summed E-state index contributed by atoms with van der Waals surface area (Å²) < 4.78 is 10.1. The largest absolute Gasteiger partial charge is 0.508 e. The third-order valence-electron chi connectivity index (χ3n) is 3.39. The van der Waals surface area contributed by atoms with Gasteiger partial charge in [-0.05, 0) is 31.2 Å². The Balaban J connectivity index is 2.07. The molecule has 2 rings (SSSR count). The number of carbonyl (C=O) groups is 2. The van der Waals surface area contributed by atoms with Crippen molar-refractivity contribution in [3.63, 3.8) is 0 Å². The molecule has 0 bridgehead atoms. The number of nitro groups is 1. The van der Waals surface area contributed by atoms with Crippen LogP contribution >= 0.6 is 0 Å². The van der Waals surface area contributed by atoms with Crippen molar-refractivity contribution in [3.05, 3.63) is 58.1 Å². The van der Waals surface area contributed by atoms with Gasteiger partial charge >= 0.3 is 5.97 Å². The molecular formula is C17H16N2O7. The SMILES string of the molecule is COc1cc([N+](=O)[O-])ccc1NC(=O)[C@@H](C)OC(=O)c1cccc(O)c1. The number of nitrogens with one attached hydrogen (secondary N) is 1. The topological polar surface area (TPSA) is 128 Å². The van der Waals surface area contributed by atoms with E-state index in [0.717, 1.165) is 0 Å². The van der Waals surface area contributed by atoms with Crippen LogP contribution in [0.15, 0.2) is 42.5 Å². The molecule has 9 heteroatoms. The molecule has 0 heterocycles. The van der Waals surface area contributed by atoms with Crippen LogP contribution in [0.2, 0.25) is 0 Å². The fourth-order valence-electron chi connectivity index (χ4n) is 2.05. The second kappa shape index (κ2) is 7.97. The number of phenolic OH excluding ortho intramolecular Hbond substituents is 1. The molecule has 1 atom stereocenters. The Bertz CT molecular complexity index is 851. The van der Waals surface area contributed by atoms with Crippen molar-refractivity contribution in [1.29, 1.82) is 0 Å². The maximum absolute atomic E-state index is 12.2. The molecule has 2 aromatic carbocycles. The van der Waals surface area contributed by atoms with Crippen LogP contribution in [0.3, 0.4) is 0 Å². The number of non-ortho nitro benzene ring substituents is 1. The van der Waals surface area contributed by atoms with Crippen LogP contribution in [0.5, 0.6) is 11.5 Å². The lowest BCUT2D eigenvalue weighted by molar-refractivity contribution is -0.384. The number of carbonyl (C=O) groups excluding carboxylic acids is 2. The normalized spacial score (nSPS) is 11.3. The molecule has 0 spiro atoms. The summed E-state index contributed by atoms with van der Waals surface area (Å²) in [6.45, 7) is 1.37. The van der Waals surface area contributed by atoms with Crippen molar-refractivity contribution in [2.75, 3.05) is 12.4 Å². The average molecular weight is 360 g/mol. The lowest BCUT2D eigenvalue weighted by Gasteiger charge is -2.15. The third kappa shape index (κ3) is 4.47. The number of methoxy groups -OCH3 is 1. The van der Waals surface area contributed by atoms with Crippen LogP contribution in [0.25, 0.3) is 0 Å². The van der Waals surface area contributed by atoms with E-state index in [1.807, 2.05) is 0 Å². The number of phenols is 1. The van der Waals surface area contributed by atoms with Gasteiger partial charge in [-0.25, -0.2) is 4.79 Å². The van der Waals surface area contributed by atoms with Crippen LogP contribution < -0.4 is 10.1 Å². The first-order valence-electron chi connectivity index (χ1n) is 7.45. The number of rotatable bonds is 6. The number of amides is 1. The van der Waals surface area contributed by atoms with Gasteiger partial charge in [0.05, 0.1) is 29.4 Å². The van der Waals surface area contributed by atoms with Gasteiger partial charge in [-0.15, -0.1) is 0 Å². The molecule has 0 aliphatic heterocycles. The monoisotopic (exact) mass is 360 g/mol. The van der Waals surface area contributed by atoms with E-state index < -0.39 is 22.9 Å². The van der Waals surface area contributed by atoms with E-state index >= 15 is 0 Å². The molecule has 0 fully saturated rings. The first-order valence-corrected chi connectivity index (χ1v) is 7.45. The van der Waals surface area contributed by atoms with E-state index in [2.05, 4.69) is 5.32 Å². The molecule has 2 N–H and O–H groups in total. The lowest BCUT2D eigenvalue weighted by atomic mass is 10.2. The molecular weight excluding hydrogens is 344 g/mol. The van der Waals surface area contributed by atoms with Gasteiger partial charge in [0.25, 0.3) is 11.6 Å². The van der Waals surface area contributed by atoms with Crippen LogP contribution in [-0.4, -0.2) is 35.1 Å². The van der Waals surface area contributed by atoms with Crippen molar-refractivity contribution >= 4 is 23.3 Å². The van der Waals surface area contributed by atoms with E-state index in [9.17, 15) is 24.8 Å². The number of hydrogen-bond donors (Lipinski definition) is 2. The number of nitro benzene ring substituents is 1. The van der Waals surface area contributed by atoms with Crippen LogP contribution in [0.1, 0.15) is 17.3 Å². The van der Waals surface area contributed by atoms with E-state index in [0.29, 0.717) is 0 Å². The Labute approximate surface area is 148 Å². The molecule has 1 amide bonds. The van der Waals surface area contributed by atoms with Gasteiger partial charge in [0, 0.05) is 6.07 Å². The minimum absolute atomic E-state index is 0.0950. The van der Waals surface area contributed by atoms with Crippen LogP contribution in [0, 0.1) is 10.1 Å². The zero-order chi connectivity index (χ0) is 19.3. The summed E-state index contributed by atoms with van der Waals surface area (Å²) in [5, 5.41) is 22.6. The van der Waals surface area contributed by atoms with Gasteiger partial charge in [0.1, 0.15) is 11.5 Å². The minimum Gasteiger partial charge on any atom is -0.508 e. The quantitative estimate of drug-likeness (QED) is 0.460. The van der Waals surface area contributed by atoms with Gasteiger partial charge in [-0.2, -0.15) is 0 Å². The second-order valence-electron chi connectivity index (χ2n) is 5.23. The van der Waals surface area contributed by atoms with Crippen molar-refractivity contribution in [3.8, 4) is 11.5 Å². The molecule has 9 nitrogen and oxygen atoms in total. The fourth-order valence-corrected chi connectivity index (χ4v) is 2.05. The highest BCUT2D eigenvalue weighted by Gasteiger charge is 2.21. The number of benzene rings is 2. The number of hydrogen-bond acceptors (Lipinski definition) is 7. The number of nitrogens with zero attached hydrogens (tertiary/aromatic N) is 1. The summed E-state index contributed by atoms with van der Waals surface area (Å²) >= 11 is 0. The maximum atomic E-state index is 12.2. The predicted octanol–water partition coefficient (Wildman–Crippen LogP) is 2.49. The summed E-state index contributed by atoms with van der Waals surface area (Å²) in [6, 6.07) is 9.21. The van der Waals surface area contributed by atoms with Gasteiger partial charge in [0.2, 0.25) is 0 Å². The van der Waals surface area contributed by atoms with E-state index in [1.165, 1.54) is 56.5 Å². The Kier molecular flexibility index (Phi) is 5.74. The number of ether oxygens (including phenoxy) is 2. The van der Waals surface area contributed by atoms with Crippen LogP contribution in [-0.2, 0) is 9.53 Å². The summed E-state index contributed by atoms with van der Waals surface area (Å²) in [7, 11) is 1.31. The highest BCUT2D eigenvalue weighted by atomic mass is 16.6. The van der Waals surface area contributed by atoms with Gasteiger partial charge in [-0.1, -0.05) is 6.07 Å². The summed E-state index contributed by atoms with van der Waals surface area (Å²) in [4.78, 5) is 34.4. The van der Waals surface area contributed by atoms with E-state index in [4.69, 9.17) is 9.47 Å². The van der Waals surface area contributed by atoms with Crippen molar-refractivity contribution in [2.24, 2.45) is 0 Å². The predicted molar refractivity (Wildman–Crippen MR) is 91.3 cm³/mol. The minimum atomic E-state index is -1.15. The smallest absolute Gasteiger partial charge is 0.339 e. The second-order valence-corrected chi connectivity index (χ2v) is 5.23. The Morgan fingerprint density at radius 3 is 2.58 bits per heavy atom. The Morgan fingerprint density at radius 1 is 1.23 bits per heavy atom. The van der Waals surface area contributed by atoms with E-state index in [1.54, 1.807) is 0 Å². The molecule has 2 aromatic rings. The Morgan fingerprint density at radius 2 is 1.96 bits per heavy atom. The first-order chi connectivity index (χ1) is 12.3. The summed E-state index contributed by atoms with van der Waals surface area (Å²) in [6.07, 6.45) is -1.15. The van der Waals surface area contributed by atoms with Crippen molar-refractivity contribution in [1.82, 2.24) is 0 Å².